The summed E-state index contributed by atoms with van der Waals surface area (Å²) in [7, 11) is 0.721. The molecule has 1 rings (SSSR count). The van der Waals surface area contributed by atoms with E-state index in [1.165, 1.54) is 25.7 Å². The van der Waals surface area contributed by atoms with E-state index < -0.39 is 5.60 Å². The van der Waals surface area contributed by atoms with Crippen LogP contribution in [0, 0.1) is 5.92 Å². The zero-order valence-corrected chi connectivity index (χ0v) is 13.4. The molecule has 2 nitrogen and oxygen atoms in total. The Labute approximate surface area is 103 Å². The van der Waals surface area contributed by atoms with Crippen LogP contribution in [0.4, 0.5) is 0 Å². The van der Waals surface area contributed by atoms with Gasteiger partial charge in [0.15, 0.2) is 0 Å². The zero-order chi connectivity index (χ0) is 12.2. The van der Waals surface area contributed by atoms with E-state index in [4.69, 9.17) is 4.43 Å². The van der Waals surface area contributed by atoms with Gasteiger partial charge in [0.05, 0.1) is 11.2 Å². The maximum Gasteiger partial charge on any atom is 0.146 e. The van der Waals surface area contributed by atoms with Gasteiger partial charge in [-0.15, -0.1) is 0 Å². The summed E-state index contributed by atoms with van der Waals surface area (Å²) in [6.07, 6.45) is 7.63. The van der Waals surface area contributed by atoms with Gasteiger partial charge in [-0.1, -0.05) is 33.6 Å². The van der Waals surface area contributed by atoms with Crippen molar-refractivity contribution in [1.82, 2.24) is 0 Å². The van der Waals surface area contributed by atoms with Crippen LogP contribution in [0.1, 0.15) is 65.7 Å². The van der Waals surface area contributed by atoms with Crippen LogP contribution in [0.2, 0.25) is 0 Å². The zero-order valence-electron chi connectivity index (χ0n) is 11.4. The van der Waals surface area contributed by atoms with Gasteiger partial charge < -0.3 is 9.53 Å². The van der Waals surface area contributed by atoms with Gasteiger partial charge in [0.2, 0.25) is 0 Å². The Morgan fingerprint density at radius 2 is 1.62 bits per heavy atom. The van der Waals surface area contributed by atoms with Crippen LogP contribution in [0.15, 0.2) is 0 Å². The highest BCUT2D eigenvalue weighted by Crippen LogP contribution is 2.47. The van der Waals surface area contributed by atoms with Gasteiger partial charge in [-0.05, 0) is 38.0 Å². The molecule has 1 unspecified atom stereocenters. The molecule has 0 spiro atoms. The van der Waals surface area contributed by atoms with Crippen molar-refractivity contribution in [3.8, 4) is 0 Å². The lowest BCUT2D eigenvalue weighted by molar-refractivity contribution is -0.168. The summed E-state index contributed by atoms with van der Waals surface area (Å²) >= 11 is 0. The molecule has 3 heteroatoms. The normalized spacial score (nSPS) is 22.5. The topological polar surface area (TPSA) is 29.5 Å². The lowest BCUT2D eigenvalue weighted by Crippen LogP contribution is -2.58. The third-order valence-corrected chi connectivity index (χ3v) is 5.59. The van der Waals surface area contributed by atoms with Crippen LogP contribution >= 0.6 is 0 Å². The Bertz CT molecular complexity index is 204. The van der Waals surface area contributed by atoms with E-state index >= 15 is 0 Å². The van der Waals surface area contributed by atoms with Crippen molar-refractivity contribution in [2.75, 3.05) is 0 Å². The third-order valence-electron chi connectivity index (χ3n) is 4.86. The fraction of sp³-hybridized carbons (Fsp3) is 1.00. The molecule has 0 aromatic carbocycles. The molecule has 0 radical (unpaired) electrons. The largest absolute Gasteiger partial charge is 0.419 e. The SMILES string of the molecule is CCC(O)(CC)C(CC)(O[SiH3])C1CCCC1. The molecule has 0 aromatic heterocycles. The van der Waals surface area contributed by atoms with Crippen LogP contribution < -0.4 is 0 Å². The molecule has 1 aliphatic carbocycles. The molecule has 1 aliphatic rings. The molecular formula is C13H28O2Si. The van der Waals surface area contributed by atoms with Gasteiger partial charge in [-0.25, -0.2) is 0 Å². The van der Waals surface area contributed by atoms with Gasteiger partial charge in [0.25, 0.3) is 0 Å². The fourth-order valence-corrected chi connectivity index (χ4v) is 4.74. The minimum absolute atomic E-state index is 0.265. The van der Waals surface area contributed by atoms with Crippen molar-refractivity contribution in [2.24, 2.45) is 5.92 Å². The predicted molar refractivity (Wildman–Crippen MR) is 71.5 cm³/mol. The van der Waals surface area contributed by atoms with Crippen molar-refractivity contribution in [3.63, 3.8) is 0 Å². The summed E-state index contributed by atoms with van der Waals surface area (Å²) in [6, 6.07) is 0. The van der Waals surface area contributed by atoms with Gasteiger partial charge in [-0.2, -0.15) is 0 Å². The van der Waals surface area contributed by atoms with Gasteiger partial charge in [0.1, 0.15) is 10.5 Å². The molecule has 0 bridgehead atoms. The minimum Gasteiger partial charge on any atom is -0.419 e. The van der Waals surface area contributed by atoms with E-state index in [9.17, 15) is 5.11 Å². The first-order valence-electron chi connectivity index (χ1n) is 6.87. The standard InChI is InChI=1S/C13H28O2Si/c1-4-12(14,5-2)13(6-3,15-16)11-9-7-8-10-11/h11,14H,4-10H2,1-3,16H3. The molecule has 1 atom stereocenters. The predicted octanol–water partition coefficient (Wildman–Crippen LogP) is 2.17. The van der Waals surface area contributed by atoms with E-state index in [0.29, 0.717) is 5.92 Å². The van der Waals surface area contributed by atoms with E-state index in [2.05, 4.69) is 20.8 Å². The van der Waals surface area contributed by atoms with Crippen LogP contribution in [0.25, 0.3) is 0 Å². The summed E-state index contributed by atoms with van der Waals surface area (Å²) in [5.41, 5.74) is -0.891. The summed E-state index contributed by atoms with van der Waals surface area (Å²) in [6.45, 7) is 6.35. The van der Waals surface area contributed by atoms with Crippen LogP contribution in [0.3, 0.4) is 0 Å². The van der Waals surface area contributed by atoms with E-state index in [0.717, 1.165) is 29.7 Å². The Kier molecular flexibility index (Phi) is 5.01. The first-order valence-corrected chi connectivity index (χ1v) is 7.69. The van der Waals surface area contributed by atoms with Gasteiger partial charge >= 0.3 is 0 Å². The molecule has 0 amide bonds. The van der Waals surface area contributed by atoms with Crippen molar-refractivity contribution in [3.05, 3.63) is 0 Å². The maximum absolute atomic E-state index is 10.9. The summed E-state index contributed by atoms with van der Waals surface area (Å²) in [4.78, 5) is 0. The van der Waals surface area contributed by atoms with Crippen LogP contribution in [0.5, 0.6) is 0 Å². The summed E-state index contributed by atoms with van der Waals surface area (Å²) in [5.74, 6) is 0.569. The smallest absolute Gasteiger partial charge is 0.146 e. The molecule has 0 saturated heterocycles. The van der Waals surface area contributed by atoms with Gasteiger partial charge in [0, 0.05) is 0 Å². The lowest BCUT2D eigenvalue weighted by atomic mass is 9.68. The first kappa shape index (κ1) is 14.2. The lowest BCUT2D eigenvalue weighted by Gasteiger charge is -2.50. The number of aliphatic hydroxyl groups is 1. The minimum atomic E-state index is -0.626. The quantitative estimate of drug-likeness (QED) is 0.726. The monoisotopic (exact) mass is 244 g/mol. The Balaban J connectivity index is 3.02. The fourth-order valence-electron chi connectivity index (χ4n) is 3.74. The highest BCUT2D eigenvalue weighted by atomic mass is 28.2. The molecule has 1 saturated carbocycles. The maximum atomic E-state index is 10.9. The number of hydrogen-bond acceptors (Lipinski definition) is 2. The van der Waals surface area contributed by atoms with Crippen molar-refractivity contribution in [1.29, 1.82) is 0 Å². The van der Waals surface area contributed by atoms with Gasteiger partial charge in [-0.3, -0.25) is 0 Å². The second-order valence-electron chi connectivity index (χ2n) is 5.17. The van der Waals surface area contributed by atoms with Crippen molar-refractivity contribution < 1.29 is 9.53 Å². The summed E-state index contributed by atoms with van der Waals surface area (Å²) < 4.78 is 6.01. The highest BCUT2D eigenvalue weighted by molar-refractivity contribution is 5.98. The molecule has 96 valence electrons. The molecule has 0 aromatic rings. The van der Waals surface area contributed by atoms with Crippen LogP contribution in [-0.2, 0) is 4.43 Å². The average Bonchev–Trinajstić information content (AvgIpc) is 2.85. The summed E-state index contributed by atoms with van der Waals surface area (Å²) in [5, 5.41) is 10.9. The second kappa shape index (κ2) is 5.65. The molecule has 0 aliphatic heterocycles. The third kappa shape index (κ3) is 2.09. The Hall–Kier alpha value is 0.137. The number of hydrogen-bond donors (Lipinski definition) is 1. The van der Waals surface area contributed by atoms with Crippen molar-refractivity contribution in [2.45, 2.75) is 76.9 Å². The van der Waals surface area contributed by atoms with Crippen molar-refractivity contribution >= 4 is 10.5 Å². The van der Waals surface area contributed by atoms with E-state index in [1.807, 2.05) is 0 Å². The molecular weight excluding hydrogens is 216 g/mol. The van der Waals surface area contributed by atoms with E-state index in [1.54, 1.807) is 0 Å². The Morgan fingerprint density at radius 1 is 1.12 bits per heavy atom. The molecule has 16 heavy (non-hydrogen) atoms. The second-order valence-corrected chi connectivity index (χ2v) is 5.58. The molecule has 1 N–H and O–H groups in total. The van der Waals surface area contributed by atoms with Crippen LogP contribution in [-0.4, -0.2) is 26.8 Å². The average molecular weight is 244 g/mol. The Morgan fingerprint density at radius 3 is 1.94 bits per heavy atom. The van der Waals surface area contributed by atoms with E-state index in [-0.39, 0.29) is 5.60 Å². The first-order chi connectivity index (χ1) is 7.60. The molecule has 1 fully saturated rings. The highest BCUT2D eigenvalue weighted by Gasteiger charge is 2.52. The number of rotatable bonds is 6. The molecule has 0 heterocycles.